The van der Waals surface area contributed by atoms with Crippen molar-refractivity contribution < 1.29 is 19.2 Å². The number of carbonyl (C=O) groups is 1. The molecule has 0 aromatic rings. The van der Waals surface area contributed by atoms with E-state index in [4.69, 9.17) is 9.57 Å². The summed E-state index contributed by atoms with van der Waals surface area (Å²) in [5, 5.41) is 0.985. The third kappa shape index (κ3) is 5.99. The van der Waals surface area contributed by atoms with E-state index in [1.165, 1.54) is 0 Å². The van der Waals surface area contributed by atoms with Crippen LogP contribution in [-0.4, -0.2) is 33.7 Å². The van der Waals surface area contributed by atoms with Crippen molar-refractivity contribution in [3.8, 4) is 0 Å². The van der Waals surface area contributed by atoms with Crippen molar-refractivity contribution >= 4 is 35.0 Å². The van der Waals surface area contributed by atoms with E-state index in [1.807, 2.05) is 42.7 Å². The summed E-state index contributed by atoms with van der Waals surface area (Å²) in [7, 11) is 0. The molecule has 0 unspecified atom stereocenters. The van der Waals surface area contributed by atoms with Crippen molar-refractivity contribution in [1.82, 2.24) is 5.06 Å². The summed E-state index contributed by atoms with van der Waals surface area (Å²) in [5.74, 6) is -0.0435. The molecule has 0 saturated heterocycles. The molecule has 18 heavy (non-hydrogen) atoms. The van der Waals surface area contributed by atoms with Crippen LogP contribution < -0.4 is 0 Å². The number of ether oxygens (including phenoxy) is 1. The van der Waals surface area contributed by atoms with Gasteiger partial charge in [0.05, 0.1) is 0 Å². The average molecular weight is 370 g/mol. The van der Waals surface area contributed by atoms with Crippen LogP contribution in [0.4, 0.5) is 4.79 Å². The fourth-order valence-electron chi connectivity index (χ4n) is 1.22. The van der Waals surface area contributed by atoms with Crippen LogP contribution in [0, 0.1) is 5.92 Å². The van der Waals surface area contributed by atoms with E-state index in [1.54, 1.807) is 20.8 Å². The molecule has 6 heteroatoms. The molecule has 0 heterocycles. The Morgan fingerprint density at radius 1 is 1.44 bits per heavy atom. The van der Waals surface area contributed by atoms with Crippen LogP contribution in [0.1, 0.15) is 41.0 Å². The molecule has 2 atom stereocenters. The standard InChI is InChI=1S/C12H21INO4/c1-6-9(2)10(7-15)14(17-8-13)11(16)18-12(3,4)5/h9-10H,6,8H2,1-5H3/t9-,10+/m0/s1. The molecule has 0 spiro atoms. The summed E-state index contributed by atoms with van der Waals surface area (Å²) in [6.45, 7) is 9.08. The maximum Gasteiger partial charge on any atom is 0.435 e. The van der Waals surface area contributed by atoms with E-state index in [2.05, 4.69) is 0 Å². The first-order chi connectivity index (χ1) is 8.26. The average Bonchev–Trinajstić information content (AvgIpc) is 2.26. The van der Waals surface area contributed by atoms with Gasteiger partial charge >= 0.3 is 6.09 Å². The molecule has 0 bridgehead atoms. The molecule has 0 saturated carbocycles. The van der Waals surface area contributed by atoms with Gasteiger partial charge in [0.1, 0.15) is 16.3 Å². The van der Waals surface area contributed by atoms with Crippen molar-refractivity contribution in [2.45, 2.75) is 52.7 Å². The second-order valence-electron chi connectivity index (χ2n) is 4.99. The Bertz CT molecular complexity index is 278. The Morgan fingerprint density at radius 2 is 2.00 bits per heavy atom. The second kappa shape index (κ2) is 7.93. The van der Waals surface area contributed by atoms with Gasteiger partial charge in [0.25, 0.3) is 0 Å². The Morgan fingerprint density at radius 3 is 2.33 bits per heavy atom. The van der Waals surface area contributed by atoms with E-state index in [-0.39, 0.29) is 10.5 Å². The maximum atomic E-state index is 12.0. The van der Waals surface area contributed by atoms with Crippen LogP contribution >= 0.6 is 22.6 Å². The maximum absolute atomic E-state index is 12.0. The van der Waals surface area contributed by atoms with Crippen molar-refractivity contribution in [2.75, 3.05) is 4.61 Å². The van der Waals surface area contributed by atoms with Crippen LogP contribution in [-0.2, 0) is 14.4 Å². The SMILES string of the molecule is CC[C@H](C)[C@@H]([C]=O)N(OCI)C(=O)OC(C)(C)C. The normalized spacial score (nSPS) is 14.8. The van der Waals surface area contributed by atoms with Gasteiger partial charge < -0.3 is 4.74 Å². The summed E-state index contributed by atoms with van der Waals surface area (Å²) >= 11 is 1.96. The number of carbonyl (C=O) groups excluding carboxylic acids is 2. The largest absolute Gasteiger partial charge is 0.442 e. The Labute approximate surface area is 122 Å². The minimum atomic E-state index is -0.750. The number of alkyl halides is 1. The fourth-order valence-corrected chi connectivity index (χ4v) is 1.52. The van der Waals surface area contributed by atoms with Crippen LogP contribution in [0.5, 0.6) is 0 Å². The van der Waals surface area contributed by atoms with E-state index in [9.17, 15) is 9.59 Å². The minimum Gasteiger partial charge on any atom is -0.442 e. The number of amides is 1. The summed E-state index contributed by atoms with van der Waals surface area (Å²) in [5.41, 5.74) is -0.632. The number of hydrogen-bond acceptors (Lipinski definition) is 4. The van der Waals surface area contributed by atoms with Crippen LogP contribution in [0.15, 0.2) is 0 Å². The van der Waals surface area contributed by atoms with Crippen molar-refractivity contribution in [1.29, 1.82) is 0 Å². The van der Waals surface area contributed by atoms with Gasteiger partial charge in [-0.1, -0.05) is 42.9 Å². The smallest absolute Gasteiger partial charge is 0.435 e. The highest BCUT2D eigenvalue weighted by atomic mass is 127. The van der Waals surface area contributed by atoms with Crippen molar-refractivity contribution in [2.24, 2.45) is 5.92 Å². The first-order valence-corrected chi connectivity index (χ1v) is 7.38. The summed E-state index contributed by atoms with van der Waals surface area (Å²) < 4.78 is 5.47. The Hall–Kier alpha value is -0.370. The molecule has 0 rings (SSSR count). The molecule has 0 fully saturated rings. The van der Waals surface area contributed by atoms with Crippen molar-refractivity contribution in [3.05, 3.63) is 0 Å². The zero-order valence-corrected chi connectivity index (χ0v) is 13.7. The molecule has 0 aromatic heterocycles. The van der Waals surface area contributed by atoms with Gasteiger partial charge in [-0.3, -0.25) is 9.63 Å². The highest BCUT2D eigenvalue weighted by Gasteiger charge is 2.32. The number of hydroxylamine groups is 2. The lowest BCUT2D eigenvalue weighted by Crippen LogP contribution is -2.46. The van der Waals surface area contributed by atoms with E-state index < -0.39 is 17.7 Å². The minimum absolute atomic E-state index is 0.0435. The monoisotopic (exact) mass is 370 g/mol. The molecule has 105 valence electrons. The van der Waals surface area contributed by atoms with Gasteiger partial charge in [-0.2, -0.15) is 5.06 Å². The molecule has 0 aliphatic carbocycles. The van der Waals surface area contributed by atoms with Gasteiger partial charge in [-0.05, 0) is 26.7 Å². The Kier molecular flexibility index (Phi) is 7.77. The van der Waals surface area contributed by atoms with E-state index in [0.717, 1.165) is 11.5 Å². The molecule has 0 aromatic carbocycles. The highest BCUT2D eigenvalue weighted by Crippen LogP contribution is 2.18. The van der Waals surface area contributed by atoms with Gasteiger partial charge in [0.15, 0.2) is 0 Å². The van der Waals surface area contributed by atoms with Gasteiger partial charge in [-0.15, -0.1) is 0 Å². The zero-order chi connectivity index (χ0) is 14.3. The van der Waals surface area contributed by atoms with Crippen LogP contribution in [0.3, 0.4) is 0 Å². The number of halogens is 1. The molecule has 5 nitrogen and oxygen atoms in total. The summed E-state index contributed by atoms with van der Waals surface area (Å²) in [6, 6.07) is -0.750. The molecule has 0 N–H and O–H groups in total. The zero-order valence-electron chi connectivity index (χ0n) is 11.5. The summed E-state index contributed by atoms with van der Waals surface area (Å²) in [6.07, 6.45) is 1.93. The number of hydrogen-bond donors (Lipinski definition) is 0. The number of rotatable bonds is 6. The molecule has 1 amide bonds. The molecule has 1 radical (unpaired) electrons. The molecular formula is C12H21INO4. The van der Waals surface area contributed by atoms with Gasteiger partial charge in [-0.25, -0.2) is 4.79 Å². The van der Waals surface area contributed by atoms with Crippen LogP contribution in [0.2, 0.25) is 0 Å². The lowest BCUT2D eigenvalue weighted by Gasteiger charge is -2.31. The second-order valence-corrected chi connectivity index (χ2v) is 5.62. The quantitative estimate of drug-likeness (QED) is 0.410. The third-order valence-electron chi connectivity index (χ3n) is 2.32. The first kappa shape index (κ1) is 17.6. The molecule has 0 aliphatic heterocycles. The van der Waals surface area contributed by atoms with E-state index >= 15 is 0 Å². The fraction of sp³-hybridized carbons (Fsp3) is 0.833. The van der Waals surface area contributed by atoms with Crippen molar-refractivity contribution in [3.63, 3.8) is 0 Å². The van der Waals surface area contributed by atoms with Gasteiger partial charge in [0.2, 0.25) is 6.29 Å². The highest BCUT2D eigenvalue weighted by molar-refractivity contribution is 14.1. The van der Waals surface area contributed by atoms with E-state index in [0.29, 0.717) is 0 Å². The predicted molar refractivity (Wildman–Crippen MR) is 77.0 cm³/mol. The lowest BCUT2D eigenvalue weighted by atomic mass is 10.0. The van der Waals surface area contributed by atoms with Crippen LogP contribution in [0.25, 0.3) is 0 Å². The predicted octanol–water partition coefficient (Wildman–Crippen LogP) is 3.07. The topological polar surface area (TPSA) is 55.8 Å². The molecular weight excluding hydrogens is 349 g/mol. The molecule has 0 aliphatic rings. The van der Waals surface area contributed by atoms with Gasteiger partial charge in [0, 0.05) is 0 Å². The first-order valence-electron chi connectivity index (χ1n) is 5.85. The summed E-state index contributed by atoms with van der Waals surface area (Å²) in [4.78, 5) is 28.2. The number of nitrogens with zero attached hydrogens (tertiary/aromatic N) is 1. The lowest BCUT2D eigenvalue weighted by molar-refractivity contribution is -0.146. The third-order valence-corrected chi connectivity index (χ3v) is 2.60. The Balaban J connectivity index is 4.91.